The third-order valence-corrected chi connectivity index (χ3v) is 4.26. The average Bonchev–Trinajstić information content (AvgIpc) is 2.57. The lowest BCUT2D eigenvalue weighted by Crippen LogP contribution is -1.98. The maximum atomic E-state index is 11.3. The molecule has 1 aromatic heterocycles. The molecule has 0 atom stereocenters. The second-order valence-electron chi connectivity index (χ2n) is 5.08. The maximum Gasteiger partial charge on any atom is 0.335 e. The largest absolute Gasteiger partial charge is 0.478 e. The monoisotopic (exact) mass is 361 g/mol. The van der Waals surface area contributed by atoms with Gasteiger partial charge < -0.3 is 9.84 Å². The summed E-state index contributed by atoms with van der Waals surface area (Å²) in [5.41, 5.74) is 1.50. The average molecular weight is 362 g/mol. The van der Waals surface area contributed by atoms with E-state index in [-0.39, 0.29) is 5.56 Å². The Bertz CT molecular complexity index is 941. The molecule has 0 aliphatic heterocycles. The van der Waals surface area contributed by atoms with Gasteiger partial charge in [0.25, 0.3) is 0 Å². The van der Waals surface area contributed by atoms with Crippen molar-refractivity contribution in [2.45, 2.75) is 6.92 Å². The van der Waals surface area contributed by atoms with Crippen molar-refractivity contribution in [1.82, 2.24) is 4.98 Å². The number of fused-ring (bicyclic) bond motifs is 1. The second kappa shape index (κ2) is 6.67. The minimum atomic E-state index is -0.992. The summed E-state index contributed by atoms with van der Waals surface area (Å²) in [5, 5.41) is 11.6. The smallest absolute Gasteiger partial charge is 0.335 e. The van der Waals surface area contributed by atoms with Gasteiger partial charge in [-0.15, -0.1) is 0 Å². The Morgan fingerprint density at radius 3 is 2.75 bits per heavy atom. The van der Waals surface area contributed by atoms with Crippen LogP contribution in [0.1, 0.15) is 17.3 Å². The highest BCUT2D eigenvalue weighted by Crippen LogP contribution is 2.41. The van der Waals surface area contributed by atoms with E-state index in [1.807, 2.05) is 25.1 Å². The van der Waals surface area contributed by atoms with Crippen LogP contribution in [0.4, 0.5) is 0 Å². The van der Waals surface area contributed by atoms with E-state index in [2.05, 4.69) is 4.98 Å². The van der Waals surface area contributed by atoms with Crippen LogP contribution in [-0.4, -0.2) is 22.7 Å². The minimum absolute atomic E-state index is 0.196. The van der Waals surface area contributed by atoms with Gasteiger partial charge in [-0.1, -0.05) is 47.5 Å². The molecule has 6 heteroatoms. The van der Waals surface area contributed by atoms with E-state index in [9.17, 15) is 9.90 Å². The Kier molecular flexibility index (Phi) is 4.60. The first-order valence-electron chi connectivity index (χ1n) is 7.26. The zero-order valence-corrected chi connectivity index (χ0v) is 14.2. The lowest BCUT2D eigenvalue weighted by molar-refractivity contribution is 0.0697. The number of halogens is 2. The number of hydrogen-bond acceptors (Lipinski definition) is 3. The van der Waals surface area contributed by atoms with Gasteiger partial charge in [-0.05, 0) is 35.4 Å². The van der Waals surface area contributed by atoms with Gasteiger partial charge in [0.2, 0.25) is 5.88 Å². The zero-order valence-electron chi connectivity index (χ0n) is 12.7. The molecule has 3 rings (SSSR count). The van der Waals surface area contributed by atoms with E-state index in [1.165, 1.54) is 6.20 Å². The number of hydrogen-bond donors (Lipinski definition) is 1. The van der Waals surface area contributed by atoms with E-state index in [1.54, 1.807) is 18.2 Å². The standard InChI is InChI=1S/C18H13Cl2NO3/c1-2-24-17-16(20)15(14(19)9-21-17)12-5-3-4-10-6-7-11(18(22)23)8-13(10)12/h3-9H,2H2,1H3,(H,22,23). The molecule has 24 heavy (non-hydrogen) atoms. The Morgan fingerprint density at radius 1 is 1.25 bits per heavy atom. The zero-order chi connectivity index (χ0) is 17.3. The molecule has 0 aliphatic carbocycles. The summed E-state index contributed by atoms with van der Waals surface area (Å²) < 4.78 is 5.43. The summed E-state index contributed by atoms with van der Waals surface area (Å²) in [4.78, 5) is 15.4. The van der Waals surface area contributed by atoms with Crippen molar-refractivity contribution in [2.24, 2.45) is 0 Å². The number of carboxylic acids is 1. The van der Waals surface area contributed by atoms with Crippen LogP contribution in [0, 0.1) is 0 Å². The topological polar surface area (TPSA) is 59.4 Å². The van der Waals surface area contributed by atoms with Gasteiger partial charge in [-0.2, -0.15) is 0 Å². The molecule has 2 aromatic carbocycles. The predicted molar refractivity (Wildman–Crippen MR) is 95.3 cm³/mol. The minimum Gasteiger partial charge on any atom is -0.478 e. The van der Waals surface area contributed by atoms with Crippen LogP contribution in [0.15, 0.2) is 42.6 Å². The number of rotatable bonds is 4. The van der Waals surface area contributed by atoms with Crippen LogP contribution in [0.2, 0.25) is 10.0 Å². The van der Waals surface area contributed by atoms with Crippen molar-refractivity contribution in [2.75, 3.05) is 6.61 Å². The summed E-state index contributed by atoms with van der Waals surface area (Å²) in [6.45, 7) is 2.26. The van der Waals surface area contributed by atoms with Crippen LogP contribution >= 0.6 is 23.2 Å². The van der Waals surface area contributed by atoms with Crippen LogP contribution < -0.4 is 4.74 Å². The Morgan fingerprint density at radius 2 is 2.04 bits per heavy atom. The summed E-state index contributed by atoms with van der Waals surface area (Å²) >= 11 is 12.8. The summed E-state index contributed by atoms with van der Waals surface area (Å²) in [6.07, 6.45) is 1.48. The fraction of sp³-hybridized carbons (Fsp3) is 0.111. The van der Waals surface area contributed by atoms with E-state index in [0.29, 0.717) is 28.1 Å². The number of aromatic nitrogens is 1. The van der Waals surface area contributed by atoms with E-state index < -0.39 is 5.97 Å². The van der Waals surface area contributed by atoms with Crippen molar-refractivity contribution < 1.29 is 14.6 Å². The van der Waals surface area contributed by atoms with Crippen LogP contribution in [-0.2, 0) is 0 Å². The maximum absolute atomic E-state index is 11.3. The molecule has 0 amide bonds. The van der Waals surface area contributed by atoms with Gasteiger partial charge in [-0.25, -0.2) is 9.78 Å². The molecule has 4 nitrogen and oxygen atoms in total. The second-order valence-corrected chi connectivity index (χ2v) is 5.87. The van der Waals surface area contributed by atoms with Crippen molar-refractivity contribution >= 4 is 39.9 Å². The Hall–Kier alpha value is -2.30. The molecule has 0 fully saturated rings. The quantitative estimate of drug-likeness (QED) is 0.684. The molecular formula is C18H13Cl2NO3. The van der Waals surface area contributed by atoms with Gasteiger partial charge >= 0.3 is 5.97 Å². The first-order chi connectivity index (χ1) is 11.5. The predicted octanol–water partition coefficient (Wildman–Crippen LogP) is 5.31. The lowest BCUT2D eigenvalue weighted by Gasteiger charge is -2.13. The van der Waals surface area contributed by atoms with Crippen molar-refractivity contribution in [3.8, 4) is 17.0 Å². The number of aromatic carboxylic acids is 1. The fourth-order valence-electron chi connectivity index (χ4n) is 2.56. The molecule has 0 saturated heterocycles. The van der Waals surface area contributed by atoms with E-state index in [4.69, 9.17) is 27.9 Å². The highest BCUT2D eigenvalue weighted by Gasteiger charge is 2.17. The number of nitrogens with zero attached hydrogens (tertiary/aromatic N) is 1. The van der Waals surface area contributed by atoms with Gasteiger partial charge in [0.05, 0.1) is 23.4 Å². The summed E-state index contributed by atoms with van der Waals surface area (Å²) in [5.74, 6) is -0.696. The molecule has 3 aromatic rings. The first kappa shape index (κ1) is 16.6. The van der Waals surface area contributed by atoms with Crippen LogP contribution in [0.5, 0.6) is 5.88 Å². The number of benzene rings is 2. The molecule has 1 heterocycles. The van der Waals surface area contributed by atoms with Crippen LogP contribution in [0.25, 0.3) is 21.9 Å². The number of ether oxygens (including phenoxy) is 1. The molecule has 0 saturated carbocycles. The molecule has 0 radical (unpaired) electrons. The van der Waals surface area contributed by atoms with Crippen molar-refractivity contribution in [3.63, 3.8) is 0 Å². The normalized spacial score (nSPS) is 10.8. The van der Waals surface area contributed by atoms with Gasteiger partial charge in [0.15, 0.2) is 0 Å². The van der Waals surface area contributed by atoms with Crippen LogP contribution in [0.3, 0.4) is 0 Å². The molecule has 0 spiro atoms. The molecule has 122 valence electrons. The van der Waals surface area contributed by atoms with Gasteiger partial charge in [0.1, 0.15) is 5.02 Å². The van der Waals surface area contributed by atoms with Gasteiger partial charge in [0, 0.05) is 5.56 Å². The Balaban J connectivity index is 2.32. The third-order valence-electron chi connectivity index (χ3n) is 3.62. The highest BCUT2D eigenvalue weighted by molar-refractivity contribution is 6.40. The number of carboxylic acid groups (broad SMARTS) is 1. The van der Waals surface area contributed by atoms with Crippen molar-refractivity contribution in [3.05, 3.63) is 58.2 Å². The SMILES string of the molecule is CCOc1ncc(Cl)c(-c2cccc3ccc(C(=O)O)cc23)c1Cl. The van der Waals surface area contributed by atoms with E-state index in [0.717, 1.165) is 16.3 Å². The molecular weight excluding hydrogens is 349 g/mol. The molecule has 1 N–H and O–H groups in total. The third kappa shape index (κ3) is 2.90. The molecule has 0 bridgehead atoms. The highest BCUT2D eigenvalue weighted by atomic mass is 35.5. The van der Waals surface area contributed by atoms with Crippen molar-refractivity contribution in [1.29, 1.82) is 0 Å². The fourth-order valence-corrected chi connectivity index (χ4v) is 3.16. The summed E-state index contributed by atoms with van der Waals surface area (Å²) in [7, 11) is 0. The summed E-state index contributed by atoms with van der Waals surface area (Å²) in [6, 6.07) is 10.5. The number of carbonyl (C=O) groups is 1. The van der Waals surface area contributed by atoms with Gasteiger partial charge in [-0.3, -0.25) is 0 Å². The first-order valence-corrected chi connectivity index (χ1v) is 8.01. The Labute approximate surface area is 148 Å². The molecule has 0 unspecified atom stereocenters. The lowest BCUT2D eigenvalue weighted by atomic mass is 9.97. The molecule has 0 aliphatic rings. The van der Waals surface area contributed by atoms with E-state index >= 15 is 0 Å². The number of pyridine rings is 1.